The molecule has 1 heterocycles. The minimum atomic E-state index is -0.940. The molecule has 1 aromatic carbocycles. The van der Waals surface area contributed by atoms with Crippen molar-refractivity contribution in [3.63, 3.8) is 0 Å². The minimum Gasteiger partial charge on any atom is -0.481 e. The molecule has 0 atom stereocenters. The van der Waals surface area contributed by atoms with E-state index in [1.54, 1.807) is 24.3 Å². The number of carboxylic acids is 1. The third-order valence-electron chi connectivity index (χ3n) is 2.85. The smallest absolute Gasteiger partial charge is 0.309 e. The molecule has 0 radical (unpaired) electrons. The number of rotatable bonds is 4. The number of aromatic nitrogens is 1. The van der Waals surface area contributed by atoms with Crippen LogP contribution in [0.25, 0.3) is 0 Å². The first-order valence-corrected chi connectivity index (χ1v) is 6.99. The van der Waals surface area contributed by atoms with Crippen molar-refractivity contribution in [1.82, 2.24) is 4.98 Å². The molecule has 0 spiro atoms. The van der Waals surface area contributed by atoms with Crippen molar-refractivity contribution in [2.45, 2.75) is 13.3 Å². The van der Waals surface area contributed by atoms with E-state index in [1.165, 1.54) is 6.20 Å². The summed E-state index contributed by atoms with van der Waals surface area (Å²) in [5, 5.41) is 11.4. The lowest BCUT2D eigenvalue weighted by molar-refractivity contribution is -0.136. The Morgan fingerprint density at radius 1 is 1.29 bits per heavy atom. The van der Waals surface area contributed by atoms with E-state index in [1.807, 2.05) is 13.0 Å². The van der Waals surface area contributed by atoms with Crippen LogP contribution in [0.2, 0.25) is 0 Å². The number of aliphatic carboxylic acids is 1. The van der Waals surface area contributed by atoms with Gasteiger partial charge in [-0.1, -0.05) is 15.9 Å². The largest absolute Gasteiger partial charge is 0.481 e. The molecular formula is C15H13BrN2O3. The number of carbonyl (C=O) groups excluding carboxylic acids is 1. The van der Waals surface area contributed by atoms with Gasteiger partial charge < -0.3 is 10.4 Å². The topological polar surface area (TPSA) is 79.3 Å². The molecular weight excluding hydrogens is 336 g/mol. The molecule has 5 nitrogen and oxygen atoms in total. The molecule has 1 aromatic heterocycles. The number of hydrogen-bond acceptors (Lipinski definition) is 3. The average Bonchev–Trinajstić information content (AvgIpc) is 2.40. The fraction of sp³-hybridized carbons (Fsp3) is 0.133. The minimum absolute atomic E-state index is 0.139. The molecule has 108 valence electrons. The SMILES string of the molecule is Cc1cc(Br)ccc1C(=O)Nc1ccc(CC(=O)O)nc1. The molecule has 0 fully saturated rings. The Hall–Kier alpha value is -2.21. The highest BCUT2D eigenvalue weighted by Gasteiger charge is 2.10. The second kappa shape index (κ2) is 6.49. The molecule has 0 unspecified atom stereocenters. The summed E-state index contributed by atoms with van der Waals surface area (Å²) in [7, 11) is 0. The summed E-state index contributed by atoms with van der Waals surface area (Å²) < 4.78 is 0.913. The van der Waals surface area contributed by atoms with Gasteiger partial charge >= 0.3 is 5.97 Å². The molecule has 0 saturated heterocycles. The van der Waals surface area contributed by atoms with E-state index in [-0.39, 0.29) is 12.3 Å². The summed E-state index contributed by atoms with van der Waals surface area (Å²) in [6.45, 7) is 1.86. The Balaban J connectivity index is 2.10. The normalized spacial score (nSPS) is 10.2. The van der Waals surface area contributed by atoms with Gasteiger partial charge in [0.15, 0.2) is 0 Å². The van der Waals surface area contributed by atoms with E-state index >= 15 is 0 Å². The van der Waals surface area contributed by atoms with Gasteiger partial charge in [0.05, 0.1) is 24.0 Å². The maximum Gasteiger partial charge on any atom is 0.309 e. The molecule has 0 aliphatic heterocycles. The number of nitrogens with one attached hydrogen (secondary N) is 1. The number of amides is 1. The van der Waals surface area contributed by atoms with Crippen LogP contribution in [0.1, 0.15) is 21.6 Å². The summed E-state index contributed by atoms with van der Waals surface area (Å²) >= 11 is 3.35. The number of pyridine rings is 1. The van der Waals surface area contributed by atoms with E-state index in [0.29, 0.717) is 16.9 Å². The van der Waals surface area contributed by atoms with Crippen LogP contribution in [0.15, 0.2) is 41.0 Å². The Bertz CT molecular complexity index is 684. The van der Waals surface area contributed by atoms with Crippen LogP contribution in [0, 0.1) is 6.92 Å². The highest BCUT2D eigenvalue weighted by Crippen LogP contribution is 2.17. The Labute approximate surface area is 130 Å². The van der Waals surface area contributed by atoms with Crippen molar-refractivity contribution in [2.24, 2.45) is 0 Å². The third kappa shape index (κ3) is 4.13. The molecule has 0 aliphatic carbocycles. The molecule has 2 rings (SSSR count). The number of anilines is 1. The Kier molecular flexibility index (Phi) is 4.70. The van der Waals surface area contributed by atoms with E-state index in [4.69, 9.17) is 5.11 Å². The van der Waals surface area contributed by atoms with Gasteiger partial charge in [-0.2, -0.15) is 0 Å². The second-order valence-electron chi connectivity index (χ2n) is 4.52. The predicted molar refractivity (Wildman–Crippen MR) is 82.4 cm³/mol. The average molecular weight is 349 g/mol. The zero-order chi connectivity index (χ0) is 15.4. The Morgan fingerprint density at radius 3 is 2.62 bits per heavy atom. The first kappa shape index (κ1) is 15.2. The van der Waals surface area contributed by atoms with Gasteiger partial charge in [-0.05, 0) is 42.8 Å². The molecule has 2 aromatic rings. The summed E-state index contributed by atoms with van der Waals surface area (Å²) in [6.07, 6.45) is 1.31. The molecule has 1 amide bonds. The van der Waals surface area contributed by atoms with Gasteiger partial charge in [0.2, 0.25) is 0 Å². The van der Waals surface area contributed by atoms with Crippen molar-refractivity contribution in [3.8, 4) is 0 Å². The molecule has 0 saturated carbocycles. The van der Waals surface area contributed by atoms with Crippen LogP contribution in [-0.4, -0.2) is 22.0 Å². The van der Waals surface area contributed by atoms with Gasteiger partial charge in [-0.15, -0.1) is 0 Å². The summed E-state index contributed by atoms with van der Waals surface area (Å²) in [4.78, 5) is 26.7. The predicted octanol–water partition coefficient (Wildman–Crippen LogP) is 3.03. The monoisotopic (exact) mass is 348 g/mol. The van der Waals surface area contributed by atoms with E-state index in [2.05, 4.69) is 26.2 Å². The zero-order valence-electron chi connectivity index (χ0n) is 11.3. The van der Waals surface area contributed by atoms with Gasteiger partial charge in [-0.3, -0.25) is 14.6 Å². The maximum atomic E-state index is 12.2. The number of aryl methyl sites for hydroxylation is 1. The zero-order valence-corrected chi connectivity index (χ0v) is 12.8. The fourth-order valence-electron chi connectivity index (χ4n) is 1.84. The molecule has 0 aliphatic rings. The van der Waals surface area contributed by atoms with Crippen LogP contribution in [0.4, 0.5) is 5.69 Å². The Morgan fingerprint density at radius 2 is 2.05 bits per heavy atom. The van der Waals surface area contributed by atoms with Crippen LogP contribution in [-0.2, 0) is 11.2 Å². The van der Waals surface area contributed by atoms with Crippen molar-refractivity contribution in [1.29, 1.82) is 0 Å². The fourth-order valence-corrected chi connectivity index (χ4v) is 2.31. The number of hydrogen-bond donors (Lipinski definition) is 2. The van der Waals surface area contributed by atoms with Crippen molar-refractivity contribution in [2.75, 3.05) is 5.32 Å². The number of carbonyl (C=O) groups is 2. The lowest BCUT2D eigenvalue weighted by Crippen LogP contribution is -2.13. The quantitative estimate of drug-likeness (QED) is 0.889. The van der Waals surface area contributed by atoms with Crippen molar-refractivity contribution < 1.29 is 14.7 Å². The van der Waals surface area contributed by atoms with Crippen molar-refractivity contribution in [3.05, 3.63) is 57.8 Å². The molecule has 0 bridgehead atoms. The number of benzene rings is 1. The third-order valence-corrected chi connectivity index (χ3v) is 3.34. The summed E-state index contributed by atoms with van der Waals surface area (Å²) in [5.74, 6) is -1.17. The van der Waals surface area contributed by atoms with E-state index in [9.17, 15) is 9.59 Å². The van der Waals surface area contributed by atoms with E-state index in [0.717, 1.165) is 10.0 Å². The van der Waals surface area contributed by atoms with E-state index < -0.39 is 5.97 Å². The summed E-state index contributed by atoms with van der Waals surface area (Å²) in [6, 6.07) is 8.62. The standard InChI is InChI=1S/C15H13BrN2O3/c1-9-6-10(16)2-5-13(9)15(21)18-12-4-3-11(17-8-12)7-14(19)20/h2-6,8H,7H2,1H3,(H,18,21)(H,19,20). The summed E-state index contributed by atoms with van der Waals surface area (Å²) in [5.41, 5.74) is 2.40. The second-order valence-corrected chi connectivity index (χ2v) is 5.44. The van der Waals surface area contributed by atoms with Gasteiger partial charge in [0, 0.05) is 10.0 Å². The van der Waals surface area contributed by atoms with Gasteiger partial charge in [0.25, 0.3) is 5.91 Å². The maximum absolute atomic E-state index is 12.2. The lowest BCUT2D eigenvalue weighted by Gasteiger charge is -2.08. The first-order valence-electron chi connectivity index (χ1n) is 6.20. The van der Waals surface area contributed by atoms with Crippen LogP contribution in [0.3, 0.4) is 0 Å². The lowest BCUT2D eigenvalue weighted by atomic mass is 10.1. The number of nitrogens with zero attached hydrogens (tertiary/aromatic N) is 1. The highest BCUT2D eigenvalue weighted by molar-refractivity contribution is 9.10. The first-order chi connectivity index (χ1) is 9.95. The highest BCUT2D eigenvalue weighted by atomic mass is 79.9. The van der Waals surface area contributed by atoms with Crippen molar-refractivity contribution >= 4 is 33.5 Å². The number of carboxylic acid groups (broad SMARTS) is 1. The molecule has 6 heteroatoms. The molecule has 2 N–H and O–H groups in total. The van der Waals surface area contributed by atoms with Crippen LogP contribution < -0.4 is 5.32 Å². The van der Waals surface area contributed by atoms with Crippen LogP contribution >= 0.6 is 15.9 Å². The number of halogens is 1. The van der Waals surface area contributed by atoms with Gasteiger partial charge in [0.1, 0.15) is 0 Å². The van der Waals surface area contributed by atoms with Crippen LogP contribution in [0.5, 0.6) is 0 Å². The van der Waals surface area contributed by atoms with Gasteiger partial charge in [-0.25, -0.2) is 0 Å². The molecule has 21 heavy (non-hydrogen) atoms.